The normalized spacial score (nSPS) is 32.1. The summed E-state index contributed by atoms with van der Waals surface area (Å²) in [7, 11) is 0. The Labute approximate surface area is 65.3 Å². The number of nitrogens with two attached hydrogens (primary N) is 1. The van der Waals surface area contributed by atoms with Crippen LogP contribution in [0.15, 0.2) is 0 Å². The predicted molar refractivity (Wildman–Crippen MR) is 39.7 cm³/mol. The molecule has 11 heavy (non-hydrogen) atoms. The second kappa shape index (κ2) is 3.17. The molecule has 0 spiro atoms. The number of carbonyl (C=O) groups excluding carboxylic acids is 1. The molecule has 2 atom stereocenters. The minimum absolute atomic E-state index is 0.0210. The van der Waals surface area contributed by atoms with E-state index < -0.39 is 12.2 Å². The molecule has 1 amide bonds. The standard InChI is InChI=1S/C7H13FN2O/c1-5(11)10-3-2-6(8)7(9)4-10/h6-7H,2-4,9H2,1H3. The molecule has 0 radical (unpaired) electrons. The number of carbonyl (C=O) groups is 1. The van der Waals surface area contributed by atoms with Crippen molar-refractivity contribution >= 4 is 5.91 Å². The molecular weight excluding hydrogens is 147 g/mol. The van der Waals surface area contributed by atoms with E-state index in [2.05, 4.69) is 0 Å². The lowest BCUT2D eigenvalue weighted by Crippen LogP contribution is -2.51. The SMILES string of the molecule is CC(=O)N1CCC(F)C(N)C1. The van der Waals surface area contributed by atoms with Gasteiger partial charge in [-0.15, -0.1) is 0 Å². The van der Waals surface area contributed by atoms with Crippen molar-refractivity contribution in [1.29, 1.82) is 0 Å². The van der Waals surface area contributed by atoms with Crippen LogP contribution in [0.2, 0.25) is 0 Å². The van der Waals surface area contributed by atoms with Crippen molar-refractivity contribution < 1.29 is 9.18 Å². The van der Waals surface area contributed by atoms with E-state index >= 15 is 0 Å². The number of amides is 1. The number of halogens is 1. The molecule has 0 aromatic carbocycles. The highest BCUT2D eigenvalue weighted by Gasteiger charge is 2.26. The average molecular weight is 160 g/mol. The van der Waals surface area contributed by atoms with E-state index in [0.717, 1.165) is 0 Å². The first-order valence-electron chi connectivity index (χ1n) is 3.76. The number of hydrogen-bond donors (Lipinski definition) is 1. The van der Waals surface area contributed by atoms with Gasteiger partial charge in [-0.05, 0) is 6.42 Å². The molecule has 1 rings (SSSR count). The Morgan fingerprint density at radius 1 is 1.73 bits per heavy atom. The average Bonchev–Trinajstić information content (AvgIpc) is 1.94. The zero-order valence-corrected chi connectivity index (χ0v) is 6.59. The Kier molecular flexibility index (Phi) is 2.44. The highest BCUT2D eigenvalue weighted by molar-refractivity contribution is 5.73. The highest BCUT2D eigenvalue weighted by Crippen LogP contribution is 2.12. The van der Waals surface area contributed by atoms with Crippen LogP contribution < -0.4 is 5.73 Å². The molecule has 0 saturated carbocycles. The van der Waals surface area contributed by atoms with Gasteiger partial charge in [0.2, 0.25) is 5.91 Å². The zero-order valence-electron chi connectivity index (χ0n) is 6.59. The zero-order chi connectivity index (χ0) is 8.43. The van der Waals surface area contributed by atoms with Crippen LogP contribution in [-0.4, -0.2) is 36.1 Å². The lowest BCUT2D eigenvalue weighted by Gasteiger charge is -2.32. The molecule has 64 valence electrons. The molecule has 1 saturated heterocycles. The van der Waals surface area contributed by atoms with Gasteiger partial charge in [-0.3, -0.25) is 4.79 Å². The second-order valence-corrected chi connectivity index (χ2v) is 2.93. The molecule has 0 bridgehead atoms. The van der Waals surface area contributed by atoms with Gasteiger partial charge in [0.25, 0.3) is 0 Å². The van der Waals surface area contributed by atoms with Gasteiger partial charge in [-0.2, -0.15) is 0 Å². The smallest absolute Gasteiger partial charge is 0.219 e. The largest absolute Gasteiger partial charge is 0.341 e. The van der Waals surface area contributed by atoms with Crippen LogP contribution in [0.5, 0.6) is 0 Å². The monoisotopic (exact) mass is 160 g/mol. The number of rotatable bonds is 0. The number of alkyl halides is 1. The third kappa shape index (κ3) is 1.89. The van der Waals surface area contributed by atoms with Crippen LogP contribution in [0.1, 0.15) is 13.3 Å². The molecule has 1 aliphatic heterocycles. The minimum Gasteiger partial charge on any atom is -0.341 e. The molecule has 2 N–H and O–H groups in total. The summed E-state index contributed by atoms with van der Waals surface area (Å²) < 4.78 is 12.8. The Balaban J connectivity index is 2.46. The third-order valence-electron chi connectivity index (χ3n) is 2.02. The lowest BCUT2D eigenvalue weighted by molar-refractivity contribution is -0.130. The number of likely N-dealkylation sites (tertiary alicyclic amines) is 1. The first kappa shape index (κ1) is 8.46. The molecule has 1 aliphatic rings. The van der Waals surface area contributed by atoms with Crippen molar-refractivity contribution in [1.82, 2.24) is 4.90 Å². The van der Waals surface area contributed by atoms with Gasteiger partial charge in [0.1, 0.15) is 6.17 Å². The van der Waals surface area contributed by atoms with Crippen LogP contribution in [0.25, 0.3) is 0 Å². The van der Waals surface area contributed by atoms with Crippen LogP contribution in [0.3, 0.4) is 0 Å². The summed E-state index contributed by atoms with van der Waals surface area (Å²) in [5, 5.41) is 0. The van der Waals surface area contributed by atoms with Gasteiger partial charge >= 0.3 is 0 Å². The number of nitrogens with zero attached hydrogens (tertiary/aromatic N) is 1. The van der Waals surface area contributed by atoms with Gasteiger partial charge < -0.3 is 10.6 Å². The molecule has 0 aromatic heterocycles. The van der Waals surface area contributed by atoms with E-state index in [9.17, 15) is 9.18 Å². The van der Waals surface area contributed by atoms with E-state index in [-0.39, 0.29) is 5.91 Å². The van der Waals surface area contributed by atoms with E-state index in [0.29, 0.717) is 19.5 Å². The third-order valence-corrected chi connectivity index (χ3v) is 2.02. The topological polar surface area (TPSA) is 46.3 Å². The van der Waals surface area contributed by atoms with E-state index in [4.69, 9.17) is 5.73 Å². The fourth-order valence-corrected chi connectivity index (χ4v) is 1.24. The van der Waals surface area contributed by atoms with Crippen molar-refractivity contribution in [2.45, 2.75) is 25.6 Å². The van der Waals surface area contributed by atoms with Crippen molar-refractivity contribution in [3.63, 3.8) is 0 Å². The maximum absolute atomic E-state index is 12.8. The van der Waals surface area contributed by atoms with Gasteiger partial charge in [0.05, 0.1) is 6.04 Å². The summed E-state index contributed by atoms with van der Waals surface area (Å²) in [6.07, 6.45) is -0.564. The molecule has 1 heterocycles. The van der Waals surface area contributed by atoms with Crippen LogP contribution in [0, 0.1) is 0 Å². The summed E-state index contributed by atoms with van der Waals surface area (Å²) in [4.78, 5) is 12.4. The van der Waals surface area contributed by atoms with Crippen molar-refractivity contribution in [2.24, 2.45) is 5.73 Å². The Bertz CT molecular complexity index is 163. The highest BCUT2D eigenvalue weighted by atomic mass is 19.1. The first-order chi connectivity index (χ1) is 5.11. The summed E-state index contributed by atoms with van der Waals surface area (Å²) in [6.45, 7) is 2.34. The molecule has 1 fully saturated rings. The fraction of sp³-hybridized carbons (Fsp3) is 0.857. The van der Waals surface area contributed by atoms with Crippen molar-refractivity contribution in [3.8, 4) is 0 Å². The van der Waals surface area contributed by atoms with Crippen LogP contribution in [-0.2, 0) is 4.79 Å². The fourth-order valence-electron chi connectivity index (χ4n) is 1.24. The van der Waals surface area contributed by atoms with E-state index in [1.807, 2.05) is 0 Å². The molecule has 2 unspecified atom stereocenters. The summed E-state index contributed by atoms with van der Waals surface area (Å²) >= 11 is 0. The van der Waals surface area contributed by atoms with Crippen LogP contribution in [0.4, 0.5) is 4.39 Å². The molecule has 4 heteroatoms. The van der Waals surface area contributed by atoms with Gasteiger partial charge in [0.15, 0.2) is 0 Å². The number of hydrogen-bond acceptors (Lipinski definition) is 2. The maximum atomic E-state index is 12.8. The molecule has 0 aliphatic carbocycles. The predicted octanol–water partition coefficient (Wildman–Crippen LogP) is -0.0960. The van der Waals surface area contributed by atoms with Gasteiger partial charge in [0, 0.05) is 20.0 Å². The van der Waals surface area contributed by atoms with Crippen molar-refractivity contribution in [2.75, 3.05) is 13.1 Å². The van der Waals surface area contributed by atoms with E-state index in [1.54, 1.807) is 4.90 Å². The van der Waals surface area contributed by atoms with Crippen LogP contribution >= 0.6 is 0 Å². The van der Waals surface area contributed by atoms with Gasteiger partial charge in [-0.25, -0.2) is 4.39 Å². The maximum Gasteiger partial charge on any atom is 0.219 e. The van der Waals surface area contributed by atoms with Gasteiger partial charge in [-0.1, -0.05) is 0 Å². The molecule has 0 aromatic rings. The molecule has 3 nitrogen and oxygen atoms in total. The Morgan fingerprint density at radius 3 is 2.82 bits per heavy atom. The summed E-state index contributed by atoms with van der Waals surface area (Å²) in [6, 6.07) is -0.493. The first-order valence-corrected chi connectivity index (χ1v) is 3.76. The summed E-state index contributed by atoms with van der Waals surface area (Å²) in [5.41, 5.74) is 5.44. The summed E-state index contributed by atoms with van der Waals surface area (Å²) in [5.74, 6) is -0.0210. The second-order valence-electron chi connectivity index (χ2n) is 2.93. The Hall–Kier alpha value is -0.640. The van der Waals surface area contributed by atoms with Crippen molar-refractivity contribution in [3.05, 3.63) is 0 Å². The quantitative estimate of drug-likeness (QED) is 0.538. The number of piperidine rings is 1. The molecular formula is C7H13FN2O. The minimum atomic E-state index is -0.939. The Morgan fingerprint density at radius 2 is 2.36 bits per heavy atom. The lowest BCUT2D eigenvalue weighted by atomic mass is 10.0. The van der Waals surface area contributed by atoms with E-state index in [1.165, 1.54) is 6.92 Å².